The van der Waals surface area contributed by atoms with E-state index in [1.807, 2.05) is 0 Å². The van der Waals surface area contributed by atoms with Crippen LogP contribution in [-0.2, 0) is 0 Å². The van der Waals surface area contributed by atoms with Gasteiger partial charge in [0.25, 0.3) is 0 Å². The molecule has 76 valence electrons. The number of hydrogen-bond acceptors (Lipinski definition) is 4. The van der Waals surface area contributed by atoms with Crippen molar-refractivity contribution in [2.75, 3.05) is 0 Å². The molecule has 4 nitrogen and oxygen atoms in total. The monoisotopic (exact) mass is 268 g/mol. The van der Waals surface area contributed by atoms with Gasteiger partial charge in [0.1, 0.15) is 5.82 Å². The van der Waals surface area contributed by atoms with E-state index < -0.39 is 0 Å². The highest BCUT2D eigenvalue weighted by Crippen LogP contribution is 2.25. The third kappa shape index (κ3) is 2.15. The lowest BCUT2D eigenvalue weighted by atomic mass is 10.2. The van der Waals surface area contributed by atoms with E-state index in [1.165, 1.54) is 12.1 Å². The summed E-state index contributed by atoms with van der Waals surface area (Å²) in [5.74, 6) is 0.545. The van der Waals surface area contributed by atoms with Gasteiger partial charge in [0.15, 0.2) is 5.82 Å². The molecule has 2 aromatic rings. The van der Waals surface area contributed by atoms with Crippen molar-refractivity contribution in [1.82, 2.24) is 20.4 Å². The number of rotatable bonds is 1. The second-order valence-electron chi connectivity index (χ2n) is 2.89. The van der Waals surface area contributed by atoms with Gasteiger partial charge in [-0.15, -0.1) is 20.4 Å². The van der Waals surface area contributed by atoms with Gasteiger partial charge in [0.2, 0.25) is 5.82 Å². The van der Waals surface area contributed by atoms with Crippen LogP contribution in [0.15, 0.2) is 22.7 Å². The molecule has 0 fully saturated rings. The maximum Gasteiger partial charge on any atom is 0.204 e. The van der Waals surface area contributed by atoms with Crippen LogP contribution in [0.4, 0.5) is 4.39 Å². The molecule has 0 N–H and O–H groups in total. The van der Waals surface area contributed by atoms with Crippen LogP contribution in [0.1, 0.15) is 5.82 Å². The summed E-state index contributed by atoms with van der Waals surface area (Å²) in [5, 5.41) is 15.3. The number of halogens is 2. The zero-order chi connectivity index (χ0) is 10.8. The second-order valence-corrected chi connectivity index (χ2v) is 3.75. The number of aromatic nitrogens is 4. The molecule has 0 unspecified atom stereocenters. The van der Waals surface area contributed by atoms with Crippen molar-refractivity contribution in [3.8, 4) is 11.4 Å². The zero-order valence-electron chi connectivity index (χ0n) is 7.78. The Morgan fingerprint density at radius 3 is 2.40 bits per heavy atom. The Kier molecular flexibility index (Phi) is 2.68. The van der Waals surface area contributed by atoms with E-state index >= 15 is 0 Å². The van der Waals surface area contributed by atoms with Crippen LogP contribution in [-0.4, -0.2) is 20.4 Å². The van der Waals surface area contributed by atoms with Crippen LogP contribution >= 0.6 is 15.9 Å². The Hall–Kier alpha value is -1.43. The molecule has 0 spiro atoms. The second kappa shape index (κ2) is 3.98. The summed E-state index contributed by atoms with van der Waals surface area (Å²) in [6.45, 7) is 1.70. The molecule has 0 bridgehead atoms. The largest absolute Gasteiger partial charge is 0.207 e. The average molecular weight is 269 g/mol. The molecule has 0 saturated heterocycles. The average Bonchev–Trinajstić information content (AvgIpc) is 2.20. The van der Waals surface area contributed by atoms with E-state index in [2.05, 4.69) is 36.3 Å². The minimum absolute atomic E-state index is 0.321. The molecule has 0 radical (unpaired) electrons. The standard InChI is InChI=1S/C9H6BrFN4/c1-5-12-14-9(15-13-5)7-3-2-6(11)4-8(7)10/h2-4H,1H3. The summed E-state index contributed by atoms with van der Waals surface area (Å²) in [7, 11) is 0. The van der Waals surface area contributed by atoms with Gasteiger partial charge in [-0.3, -0.25) is 0 Å². The van der Waals surface area contributed by atoms with E-state index in [9.17, 15) is 4.39 Å². The van der Waals surface area contributed by atoms with E-state index in [4.69, 9.17) is 0 Å². The molecule has 0 amide bonds. The lowest BCUT2D eigenvalue weighted by Gasteiger charge is -2.01. The van der Waals surface area contributed by atoms with Crippen molar-refractivity contribution < 1.29 is 4.39 Å². The summed E-state index contributed by atoms with van der Waals surface area (Å²) >= 11 is 3.23. The van der Waals surface area contributed by atoms with E-state index in [0.29, 0.717) is 21.7 Å². The quantitative estimate of drug-likeness (QED) is 0.795. The predicted molar refractivity (Wildman–Crippen MR) is 55.5 cm³/mol. The molecule has 15 heavy (non-hydrogen) atoms. The number of aryl methyl sites for hydroxylation is 1. The fourth-order valence-corrected chi connectivity index (χ4v) is 1.59. The molecule has 0 atom stereocenters. The maximum atomic E-state index is 12.8. The van der Waals surface area contributed by atoms with Gasteiger partial charge >= 0.3 is 0 Å². The van der Waals surface area contributed by atoms with Crippen molar-refractivity contribution in [2.24, 2.45) is 0 Å². The minimum Gasteiger partial charge on any atom is -0.207 e. The van der Waals surface area contributed by atoms with Gasteiger partial charge < -0.3 is 0 Å². The summed E-state index contributed by atoms with van der Waals surface area (Å²) < 4.78 is 13.4. The first-order valence-corrected chi connectivity index (χ1v) is 4.95. The van der Waals surface area contributed by atoms with Crippen molar-refractivity contribution in [2.45, 2.75) is 6.92 Å². The third-order valence-electron chi connectivity index (χ3n) is 1.75. The smallest absolute Gasteiger partial charge is 0.204 e. The van der Waals surface area contributed by atoms with Crippen LogP contribution in [0.5, 0.6) is 0 Å². The topological polar surface area (TPSA) is 51.6 Å². The van der Waals surface area contributed by atoms with Gasteiger partial charge in [-0.2, -0.15) is 0 Å². The fourth-order valence-electron chi connectivity index (χ4n) is 1.06. The molecule has 0 saturated carbocycles. The van der Waals surface area contributed by atoms with E-state index in [0.717, 1.165) is 0 Å². The Bertz CT molecular complexity index is 486. The Balaban J connectivity index is 2.49. The van der Waals surface area contributed by atoms with Crippen LogP contribution in [0.3, 0.4) is 0 Å². The SMILES string of the molecule is Cc1nnc(-c2ccc(F)cc2Br)nn1. The van der Waals surface area contributed by atoms with Gasteiger partial charge in [0.05, 0.1) is 0 Å². The number of hydrogen-bond donors (Lipinski definition) is 0. The lowest BCUT2D eigenvalue weighted by Crippen LogP contribution is -1.99. The summed E-state index contributed by atoms with van der Waals surface area (Å²) in [4.78, 5) is 0. The molecular formula is C9H6BrFN4. The highest BCUT2D eigenvalue weighted by molar-refractivity contribution is 9.10. The molecule has 2 rings (SSSR count). The van der Waals surface area contributed by atoms with Crippen LogP contribution in [0, 0.1) is 12.7 Å². The highest BCUT2D eigenvalue weighted by Gasteiger charge is 2.07. The number of nitrogens with zero attached hydrogens (tertiary/aromatic N) is 4. The summed E-state index contributed by atoms with van der Waals surface area (Å²) in [5.41, 5.74) is 0.663. The number of benzene rings is 1. The first-order valence-electron chi connectivity index (χ1n) is 4.16. The molecule has 0 aliphatic carbocycles. The Morgan fingerprint density at radius 2 is 1.80 bits per heavy atom. The molecule has 6 heteroatoms. The Labute approximate surface area is 93.7 Å². The first kappa shape index (κ1) is 10.1. The van der Waals surface area contributed by atoms with Gasteiger partial charge in [-0.25, -0.2) is 4.39 Å². The van der Waals surface area contributed by atoms with Gasteiger partial charge in [-0.1, -0.05) is 0 Å². The minimum atomic E-state index is -0.321. The van der Waals surface area contributed by atoms with E-state index in [-0.39, 0.29) is 5.82 Å². The fraction of sp³-hybridized carbons (Fsp3) is 0.111. The van der Waals surface area contributed by atoms with Crippen molar-refractivity contribution in [3.05, 3.63) is 34.3 Å². The molecule has 0 aliphatic rings. The molecule has 1 heterocycles. The van der Waals surface area contributed by atoms with Crippen molar-refractivity contribution in [1.29, 1.82) is 0 Å². The zero-order valence-corrected chi connectivity index (χ0v) is 9.36. The van der Waals surface area contributed by atoms with Crippen molar-refractivity contribution in [3.63, 3.8) is 0 Å². The normalized spacial score (nSPS) is 10.3. The molecular weight excluding hydrogens is 263 g/mol. The van der Waals surface area contributed by atoms with Crippen molar-refractivity contribution >= 4 is 15.9 Å². The van der Waals surface area contributed by atoms with Crippen LogP contribution < -0.4 is 0 Å². The van der Waals surface area contributed by atoms with Crippen LogP contribution in [0.25, 0.3) is 11.4 Å². The molecule has 1 aromatic carbocycles. The van der Waals surface area contributed by atoms with Gasteiger partial charge in [-0.05, 0) is 41.1 Å². The molecule has 1 aromatic heterocycles. The van der Waals surface area contributed by atoms with Gasteiger partial charge in [0, 0.05) is 10.0 Å². The first-order chi connectivity index (χ1) is 7.16. The Morgan fingerprint density at radius 1 is 1.13 bits per heavy atom. The lowest BCUT2D eigenvalue weighted by molar-refractivity contribution is 0.627. The molecule has 0 aliphatic heterocycles. The summed E-state index contributed by atoms with van der Waals surface area (Å²) in [6, 6.07) is 4.26. The predicted octanol–water partition coefficient (Wildman–Crippen LogP) is 2.14. The highest BCUT2D eigenvalue weighted by atomic mass is 79.9. The van der Waals surface area contributed by atoms with Crippen LogP contribution in [0.2, 0.25) is 0 Å². The maximum absolute atomic E-state index is 12.8. The third-order valence-corrected chi connectivity index (χ3v) is 2.41. The summed E-state index contributed by atoms with van der Waals surface area (Å²) in [6.07, 6.45) is 0. The van der Waals surface area contributed by atoms with E-state index in [1.54, 1.807) is 13.0 Å².